The van der Waals surface area contributed by atoms with E-state index < -0.39 is 0 Å². The molecule has 0 saturated carbocycles. The Kier molecular flexibility index (Phi) is 5.18. The number of imidazole rings is 1. The molecule has 7 nitrogen and oxygen atoms in total. The van der Waals surface area contributed by atoms with Gasteiger partial charge in [-0.05, 0) is 49.1 Å². The summed E-state index contributed by atoms with van der Waals surface area (Å²) in [5.74, 6) is -0.228. The molecule has 2 atom stereocenters. The number of carbonyl (C=O) groups is 1. The maximum Gasteiger partial charge on any atom is 0.336 e. The topological polar surface area (TPSA) is 91.3 Å². The summed E-state index contributed by atoms with van der Waals surface area (Å²) in [6, 6.07) is 20.1. The number of fused-ring (bicyclic) bond motifs is 6. The Bertz CT molecular complexity index is 1610. The van der Waals surface area contributed by atoms with Crippen molar-refractivity contribution >= 4 is 16.7 Å². The van der Waals surface area contributed by atoms with Crippen LogP contribution in [0, 0.1) is 11.3 Å². The monoisotopic (exact) mass is 478 g/mol. The first kappa shape index (κ1) is 22.2. The Morgan fingerprint density at radius 1 is 1.08 bits per heavy atom. The van der Waals surface area contributed by atoms with Gasteiger partial charge in [0, 0.05) is 22.9 Å². The zero-order chi connectivity index (χ0) is 25.0. The number of aryl methyl sites for hydroxylation is 1. The highest BCUT2D eigenvalue weighted by atomic mass is 16.3. The highest BCUT2D eigenvalue weighted by Gasteiger charge is 2.49. The largest absolute Gasteiger partial charge is 0.493 e. The van der Waals surface area contributed by atoms with Gasteiger partial charge in [-0.25, -0.2) is 9.36 Å². The maximum atomic E-state index is 13.5. The first-order chi connectivity index (χ1) is 17.5. The Labute approximate surface area is 208 Å². The van der Waals surface area contributed by atoms with Crippen LogP contribution in [0.1, 0.15) is 65.4 Å². The molecule has 1 fully saturated rings. The van der Waals surface area contributed by atoms with Gasteiger partial charge in [0.15, 0.2) is 0 Å². The summed E-state index contributed by atoms with van der Waals surface area (Å²) in [6.45, 7) is 2.60. The van der Waals surface area contributed by atoms with Crippen LogP contribution in [0.4, 0.5) is 0 Å². The van der Waals surface area contributed by atoms with Crippen molar-refractivity contribution in [2.24, 2.45) is 0 Å². The number of nitrogens with zero attached hydrogens (tertiary/aromatic N) is 4. The van der Waals surface area contributed by atoms with Crippen molar-refractivity contribution in [2.45, 2.75) is 44.7 Å². The number of aromatic hydroxyl groups is 1. The van der Waals surface area contributed by atoms with Gasteiger partial charge in [-0.15, -0.1) is 0 Å². The summed E-state index contributed by atoms with van der Waals surface area (Å²) in [5, 5.41) is 22.2. The molecule has 1 N–H and O–H groups in total. The van der Waals surface area contributed by atoms with Crippen LogP contribution < -0.4 is 5.69 Å². The molecule has 7 heteroatoms. The van der Waals surface area contributed by atoms with E-state index in [4.69, 9.17) is 0 Å². The van der Waals surface area contributed by atoms with Gasteiger partial charge in [-0.1, -0.05) is 49.7 Å². The van der Waals surface area contributed by atoms with E-state index >= 15 is 0 Å². The second-order valence-electron chi connectivity index (χ2n) is 9.65. The number of hydrogen-bond acceptors (Lipinski definition) is 4. The third-order valence-electron chi connectivity index (χ3n) is 7.60. The summed E-state index contributed by atoms with van der Waals surface area (Å²) >= 11 is 0. The predicted octanol–water partition coefficient (Wildman–Crippen LogP) is 4.85. The molecular weight excluding hydrogens is 452 g/mol. The highest BCUT2D eigenvalue weighted by molar-refractivity contribution is 5.95. The van der Waals surface area contributed by atoms with Crippen molar-refractivity contribution in [3.05, 3.63) is 93.5 Å². The average Bonchev–Trinajstić information content (AvgIpc) is 3.58. The maximum absolute atomic E-state index is 13.5. The fraction of sp³-hybridized carbons (Fsp3) is 0.276. The molecule has 6 rings (SSSR count). The fourth-order valence-electron chi connectivity index (χ4n) is 5.82. The van der Waals surface area contributed by atoms with Gasteiger partial charge in [0.05, 0.1) is 29.4 Å². The van der Waals surface area contributed by atoms with E-state index in [1.807, 2.05) is 48.5 Å². The highest BCUT2D eigenvalue weighted by Crippen LogP contribution is 2.49. The molecule has 3 heterocycles. The van der Waals surface area contributed by atoms with Crippen molar-refractivity contribution < 1.29 is 9.90 Å². The van der Waals surface area contributed by atoms with Gasteiger partial charge < -0.3 is 10.0 Å². The van der Waals surface area contributed by atoms with Crippen molar-refractivity contribution in [3.63, 3.8) is 0 Å². The van der Waals surface area contributed by atoms with Crippen molar-refractivity contribution in [1.82, 2.24) is 14.0 Å². The number of aromatic nitrogens is 2. The van der Waals surface area contributed by atoms with Gasteiger partial charge in [0.1, 0.15) is 5.69 Å². The van der Waals surface area contributed by atoms with Gasteiger partial charge in [-0.2, -0.15) is 5.26 Å². The molecule has 36 heavy (non-hydrogen) atoms. The van der Waals surface area contributed by atoms with E-state index in [2.05, 4.69) is 13.0 Å². The lowest BCUT2D eigenvalue weighted by molar-refractivity contribution is 0.0711. The molecular formula is C29H26N4O3. The minimum atomic E-state index is -0.360. The van der Waals surface area contributed by atoms with E-state index in [1.165, 1.54) is 10.1 Å². The number of carbonyl (C=O) groups excluding carboxylic acids is 1. The normalized spacial score (nSPS) is 17.9. The van der Waals surface area contributed by atoms with Crippen LogP contribution >= 0.6 is 0 Å². The van der Waals surface area contributed by atoms with Crippen LogP contribution in [0.2, 0.25) is 0 Å². The zero-order valence-corrected chi connectivity index (χ0v) is 20.0. The second kappa shape index (κ2) is 8.42. The third-order valence-corrected chi connectivity index (χ3v) is 7.60. The molecule has 2 aliphatic rings. The molecule has 0 spiro atoms. The summed E-state index contributed by atoms with van der Waals surface area (Å²) < 4.78 is 2.96. The van der Waals surface area contributed by atoms with Crippen molar-refractivity contribution in [1.29, 1.82) is 5.26 Å². The summed E-state index contributed by atoms with van der Waals surface area (Å²) in [4.78, 5) is 28.7. The number of hydrogen-bond donors (Lipinski definition) is 1. The van der Waals surface area contributed by atoms with Gasteiger partial charge in [0.25, 0.3) is 5.91 Å². The van der Waals surface area contributed by atoms with E-state index in [-0.39, 0.29) is 29.6 Å². The molecule has 4 aromatic rings. The van der Waals surface area contributed by atoms with Crippen molar-refractivity contribution in [3.8, 4) is 17.6 Å². The van der Waals surface area contributed by atoms with Gasteiger partial charge >= 0.3 is 5.69 Å². The number of unbranched alkanes of at least 4 members (excludes halogenated alkanes) is 1. The van der Waals surface area contributed by atoms with E-state index in [0.717, 1.165) is 24.6 Å². The molecule has 0 radical (unpaired) electrons. The number of nitriles is 1. The third kappa shape index (κ3) is 3.18. The number of rotatable bonds is 5. The number of likely N-dealkylation sites (tertiary alicyclic amines) is 1. The van der Waals surface area contributed by atoms with Crippen LogP contribution in [0.15, 0.2) is 65.5 Å². The molecule has 1 saturated heterocycles. The number of benzene rings is 3. The Balaban J connectivity index is 1.38. The van der Waals surface area contributed by atoms with Crippen molar-refractivity contribution in [2.75, 3.05) is 6.54 Å². The molecule has 0 aliphatic carbocycles. The van der Waals surface area contributed by atoms with Crippen LogP contribution in [0.3, 0.4) is 0 Å². The lowest BCUT2D eigenvalue weighted by Gasteiger charge is -2.27. The molecule has 0 unspecified atom stereocenters. The Hall–Kier alpha value is -4.31. The lowest BCUT2D eigenvalue weighted by atomic mass is 10.0. The molecule has 180 valence electrons. The van der Waals surface area contributed by atoms with E-state index in [0.29, 0.717) is 40.9 Å². The van der Waals surface area contributed by atoms with E-state index in [1.54, 1.807) is 21.6 Å². The Morgan fingerprint density at radius 3 is 2.56 bits per heavy atom. The predicted molar refractivity (Wildman–Crippen MR) is 136 cm³/mol. The first-order valence-electron chi connectivity index (χ1n) is 12.4. The molecule has 2 aliphatic heterocycles. The number of amides is 1. The molecule has 1 amide bonds. The van der Waals surface area contributed by atoms with Crippen LogP contribution in [0.5, 0.6) is 5.88 Å². The van der Waals surface area contributed by atoms with Crippen LogP contribution in [-0.2, 0) is 6.42 Å². The standard InChI is InChI=1S/C29H26N4O3/c1-2-3-6-18-9-11-19(12-10-18)27(34)31-17-21-15-25(31)26-28(35)33(29(36)32(21)26)24-14-13-20(16-30)22-7-4-5-8-23(22)24/h4-5,7-14,21,25,35H,2-3,6,15,17H2,1H3/t21-,25-/m0/s1. The molecule has 1 aromatic heterocycles. The first-order valence-corrected chi connectivity index (χ1v) is 12.4. The summed E-state index contributed by atoms with van der Waals surface area (Å²) in [5.41, 5.74) is 3.03. The van der Waals surface area contributed by atoms with Crippen LogP contribution in [0.25, 0.3) is 16.5 Å². The molecule has 2 bridgehead atoms. The zero-order valence-electron chi connectivity index (χ0n) is 20.0. The SMILES string of the molecule is CCCCc1ccc(C(=O)N2C[C@@H]3C[C@H]2c2c(O)n(-c4ccc(C#N)c5ccccc45)c(=O)n23)cc1. The minimum absolute atomic E-state index is 0.0841. The van der Waals surface area contributed by atoms with Crippen LogP contribution in [-0.4, -0.2) is 31.6 Å². The van der Waals surface area contributed by atoms with Gasteiger partial charge in [-0.3, -0.25) is 9.36 Å². The minimum Gasteiger partial charge on any atom is -0.493 e. The van der Waals surface area contributed by atoms with Gasteiger partial charge in [0.2, 0.25) is 5.88 Å². The second-order valence-corrected chi connectivity index (χ2v) is 9.65. The van der Waals surface area contributed by atoms with E-state index in [9.17, 15) is 20.0 Å². The summed E-state index contributed by atoms with van der Waals surface area (Å²) in [6.07, 6.45) is 3.86. The lowest BCUT2D eigenvalue weighted by Crippen LogP contribution is -2.37. The summed E-state index contributed by atoms with van der Waals surface area (Å²) in [7, 11) is 0. The Morgan fingerprint density at radius 2 is 1.83 bits per heavy atom. The average molecular weight is 479 g/mol. The smallest absolute Gasteiger partial charge is 0.336 e. The fourth-order valence-corrected chi connectivity index (χ4v) is 5.82. The quantitative estimate of drug-likeness (QED) is 0.444. The molecule has 3 aromatic carbocycles.